The van der Waals surface area contributed by atoms with Gasteiger partial charge in [0.1, 0.15) is 0 Å². The average molecular weight is 1770 g/mol. The normalized spacial score (nSPS) is 11.8. The standard InChI is InChI=1S/C14H32N2.C12H28N2.C11H26N2.C10H25N3.C8H14N2.C8H20N2.C8H19N.C7H12N2.C6H10N2.C5H13N.C4H11N3.C4H11N.C3H9N/c1-3-5-8-12-16(13-9-6-4-2)14-10-7-11-15;1-2-3-11-14-12-9-7-5-4-6-8-10-13;1-3-5-9-13(10-6-4-2)11-7-8-12;1-2-7-12-8-4-3-5-9-13-10-6-11;9-6-2-1-4-8-5-3-7-10-8;1-3-6-10(7-4-2)8-5-9;1-2-3-4-5-6-7-8-9;8-5-1-3-7-4-2-6-9-7;7-4-3-6-2-1-5-8-6;1-2-3-4-5-6;1-4(6)7-3-2-5;1-2-3-4-5;1-2-3-4/h3-15H2,1-2H3;14H,2-13H2,1H3;3-12H2,1-2H3;12-13H,2-11H2,1H3;5,7H,1-4,6,9H2;3-9H2,1-2H3;2-9H2,1H3;4,6H,1-3,5,8H2;2,5H,1,3-4,7H2;2-6H2,1H3;2-3,5H2,1H3,(H2,6,7);2-5H2,1H3;2-4H2,1H3. The Morgan fingerprint density at radius 2 is 0.556 bits per heavy atom. The maximum Gasteiger partial charge on any atom is 0.0906 e. The molecule has 3 rings (SSSR count). The van der Waals surface area contributed by atoms with Gasteiger partial charge in [-0.15, -0.1) is 0 Å². The van der Waals surface area contributed by atoms with E-state index >= 15 is 0 Å². The van der Waals surface area contributed by atoms with Gasteiger partial charge in [0.05, 0.1) is 12.4 Å². The number of unbranched alkanes of at least 4 members (excludes halogenated alkanes) is 24. The lowest BCUT2D eigenvalue weighted by atomic mass is 10.1. The number of nitrogens with zero attached hydrogens (tertiary/aromatic N) is 7. The quantitative estimate of drug-likeness (QED) is 0.0153. The van der Waals surface area contributed by atoms with Crippen LogP contribution in [-0.2, 0) is 0 Å². The molecule has 24 nitrogen and oxygen atoms in total. The van der Waals surface area contributed by atoms with E-state index in [1.54, 1.807) is 6.92 Å². The second kappa shape index (κ2) is 146. The Balaban J connectivity index is -0.000000144. The molecule has 3 aliphatic rings. The molecule has 0 amide bonds. The summed E-state index contributed by atoms with van der Waals surface area (Å²) in [5.74, 6) is 0.602. The first-order chi connectivity index (χ1) is 60.6. The fourth-order valence-electron chi connectivity index (χ4n) is 11.7. The second-order valence-electron chi connectivity index (χ2n) is 32.1. The molecule has 3 heterocycles. The van der Waals surface area contributed by atoms with Crippen molar-refractivity contribution in [3.63, 3.8) is 0 Å². The zero-order chi connectivity index (χ0) is 94.7. The molecule has 0 fully saturated rings. The number of nitrogens with two attached hydrogens (primary N) is 14. The van der Waals surface area contributed by atoms with Gasteiger partial charge in [0.25, 0.3) is 0 Å². The van der Waals surface area contributed by atoms with Gasteiger partial charge in [-0.05, 0) is 312 Å². The zero-order valence-electron chi connectivity index (χ0n) is 85.6. The smallest absolute Gasteiger partial charge is 0.0906 e. The predicted octanol–water partition coefficient (Wildman–Crippen LogP) is 17.2. The summed E-state index contributed by atoms with van der Waals surface area (Å²) in [7, 11) is 0. The van der Waals surface area contributed by atoms with Crippen molar-refractivity contribution in [3.05, 3.63) is 35.3 Å². The van der Waals surface area contributed by atoms with Crippen molar-refractivity contribution in [1.29, 1.82) is 0 Å². The van der Waals surface area contributed by atoms with Crippen LogP contribution in [0.3, 0.4) is 0 Å². The zero-order valence-corrected chi connectivity index (χ0v) is 85.6. The summed E-state index contributed by atoms with van der Waals surface area (Å²) >= 11 is 0. The summed E-state index contributed by atoms with van der Waals surface area (Å²) in [6.45, 7) is 57.0. The Labute approximate surface area is 774 Å². The first kappa shape index (κ1) is 141. The van der Waals surface area contributed by atoms with Gasteiger partial charge in [-0.2, -0.15) is 0 Å². The largest absolute Gasteiger partial charge is 0.388 e. The topological polar surface area (TPSA) is 460 Å². The van der Waals surface area contributed by atoms with E-state index in [2.05, 4.69) is 152 Å². The van der Waals surface area contributed by atoms with Gasteiger partial charge in [-0.25, -0.2) is 0 Å². The maximum absolute atomic E-state index is 5.54. The third-order valence-electron chi connectivity index (χ3n) is 19.2. The van der Waals surface area contributed by atoms with Crippen molar-refractivity contribution in [2.75, 3.05) is 190 Å². The van der Waals surface area contributed by atoms with Crippen LogP contribution in [0.1, 0.15) is 398 Å². The molecule has 0 saturated carbocycles. The highest BCUT2D eigenvalue weighted by Crippen LogP contribution is 2.14. The molecule has 0 aliphatic carbocycles. The molecular weight excluding hydrogens is 1540 g/mol. The molecule has 0 saturated heterocycles. The molecule has 0 atom stereocenters. The van der Waals surface area contributed by atoms with E-state index < -0.39 is 0 Å². The van der Waals surface area contributed by atoms with E-state index in [0.717, 1.165) is 168 Å². The van der Waals surface area contributed by atoms with Crippen molar-refractivity contribution < 1.29 is 0 Å². The minimum Gasteiger partial charge on any atom is -0.388 e. The highest BCUT2D eigenvalue weighted by atomic mass is 15.1. The van der Waals surface area contributed by atoms with Gasteiger partial charge in [0.2, 0.25) is 0 Å². The Hall–Kier alpha value is -3.06. The highest BCUT2D eigenvalue weighted by molar-refractivity contribution is 5.77. The Morgan fingerprint density at radius 3 is 0.887 bits per heavy atom. The molecule has 0 spiro atoms. The van der Waals surface area contributed by atoms with Crippen LogP contribution in [0.25, 0.3) is 0 Å². The molecule has 31 N–H and O–H groups in total. The molecule has 0 radical (unpaired) electrons. The lowest BCUT2D eigenvalue weighted by Crippen LogP contribution is -2.30. The molecule has 3 aliphatic heterocycles. The molecule has 124 heavy (non-hydrogen) atoms. The van der Waals surface area contributed by atoms with Crippen molar-refractivity contribution in [2.45, 2.75) is 398 Å². The Kier molecular flexibility index (Phi) is 166. The molecular formula is C100H230N24. The molecule has 0 aromatic rings. The van der Waals surface area contributed by atoms with Crippen molar-refractivity contribution in [2.24, 2.45) is 100 Å². The van der Waals surface area contributed by atoms with Crippen molar-refractivity contribution >= 4 is 24.5 Å². The van der Waals surface area contributed by atoms with Gasteiger partial charge in [-0.3, -0.25) is 20.0 Å². The Morgan fingerprint density at radius 1 is 0.250 bits per heavy atom. The van der Waals surface area contributed by atoms with Crippen LogP contribution >= 0.6 is 0 Å². The minimum absolute atomic E-state index is 0.578. The number of allylic oxidation sites excluding steroid dienone is 5. The van der Waals surface area contributed by atoms with E-state index in [0.29, 0.717) is 25.5 Å². The fourth-order valence-corrected chi connectivity index (χ4v) is 11.7. The number of hydrogen-bond acceptors (Lipinski definition) is 23. The molecule has 0 aromatic heterocycles. The lowest BCUT2D eigenvalue weighted by molar-refractivity contribution is 0.257. The van der Waals surface area contributed by atoms with Crippen molar-refractivity contribution in [1.82, 2.24) is 30.7 Å². The molecule has 0 unspecified atom stereocenters. The molecule has 24 heteroatoms. The van der Waals surface area contributed by atoms with E-state index in [1.165, 1.54) is 327 Å². The summed E-state index contributed by atoms with van der Waals surface area (Å²) in [6, 6.07) is 0. The molecule has 0 aromatic carbocycles. The fraction of sp³-hybridized carbons (Fsp3) is 0.900. The van der Waals surface area contributed by atoms with Gasteiger partial charge >= 0.3 is 0 Å². The molecule has 0 bridgehead atoms. The van der Waals surface area contributed by atoms with Crippen LogP contribution in [0.2, 0.25) is 0 Å². The number of amidine groups is 1. The van der Waals surface area contributed by atoms with Gasteiger partial charge in [0, 0.05) is 94.1 Å². The van der Waals surface area contributed by atoms with Crippen molar-refractivity contribution in [3.8, 4) is 0 Å². The second-order valence-corrected chi connectivity index (χ2v) is 32.1. The van der Waals surface area contributed by atoms with Crippen LogP contribution in [0.15, 0.2) is 55.3 Å². The summed E-state index contributed by atoms with van der Waals surface area (Å²) < 4.78 is 0. The van der Waals surface area contributed by atoms with E-state index in [9.17, 15) is 0 Å². The van der Waals surface area contributed by atoms with Gasteiger partial charge < -0.3 is 111 Å². The van der Waals surface area contributed by atoms with Crippen LogP contribution in [0.4, 0.5) is 0 Å². The van der Waals surface area contributed by atoms with Crippen LogP contribution < -0.4 is 96.2 Å². The monoisotopic (exact) mass is 1770 g/mol. The highest BCUT2D eigenvalue weighted by Gasteiger charge is 2.06. The average Bonchev–Trinajstić information content (AvgIpc) is 1.82. The number of hydrogen-bond donors (Lipinski definition) is 17. The summed E-state index contributed by atoms with van der Waals surface area (Å²) in [6.07, 6.45) is 72.2. The maximum atomic E-state index is 5.54. The number of rotatable bonds is 71. The molecule has 750 valence electrons. The summed E-state index contributed by atoms with van der Waals surface area (Å²) in [5, 5.41) is 10.2. The van der Waals surface area contributed by atoms with Crippen LogP contribution in [-0.4, -0.2) is 229 Å². The lowest BCUT2D eigenvalue weighted by Gasteiger charge is -2.22. The van der Waals surface area contributed by atoms with E-state index in [4.69, 9.17) is 80.3 Å². The third kappa shape index (κ3) is 156. The van der Waals surface area contributed by atoms with Crippen LogP contribution in [0.5, 0.6) is 0 Å². The van der Waals surface area contributed by atoms with E-state index in [-0.39, 0.29) is 0 Å². The minimum atomic E-state index is 0.578. The summed E-state index contributed by atoms with van der Waals surface area (Å²) in [4.78, 5) is 23.9. The first-order valence-electron chi connectivity index (χ1n) is 51.9. The first-order valence-corrected chi connectivity index (χ1v) is 51.9. The number of nitrogens with one attached hydrogen (secondary N) is 3. The third-order valence-corrected chi connectivity index (χ3v) is 19.2. The SMILES string of the molecule is CC(N)=NCCN.CCCCCCCCN.CCCCCN.CCCCCN(CCCCC)CCCCN.CCCCN.CCCCN(CCCC)CCCN.CCCCNCCCCCCCCN.CCCN.CCCN(CCC)CCN.CCCNCCCCCNCCN.NCCC1=CCC=N1.NCCCC1=CCC=N1.NCCCCC1=CCC=N1. The number of aliphatic imine (C=N–C) groups is 4. The van der Waals surface area contributed by atoms with Gasteiger partial charge in [0.15, 0.2) is 0 Å². The summed E-state index contributed by atoms with van der Waals surface area (Å²) in [5.41, 5.74) is 77.9. The van der Waals surface area contributed by atoms with Gasteiger partial charge in [-0.1, -0.05) is 230 Å². The van der Waals surface area contributed by atoms with Crippen LogP contribution in [0, 0.1) is 0 Å². The Bertz CT molecular complexity index is 1880. The predicted molar refractivity (Wildman–Crippen MR) is 567 cm³/mol. The van der Waals surface area contributed by atoms with E-state index in [1.807, 2.05) is 18.6 Å².